The normalized spacial score (nSPS) is 11.6. The fraction of sp³-hybridized carbons (Fsp3) is 0.250. The standard InChI is InChI=1S/C20H21NO4S/c1-2-25-20(22)14-8-9-16-15-21(19-13-7-6-12-18(16)19)26(23,24)17-10-4-3-5-11-17/h3-7,10-13,15H,2,8-9,14H2,1H3. The second-order valence-electron chi connectivity index (χ2n) is 5.94. The summed E-state index contributed by atoms with van der Waals surface area (Å²) in [6, 6.07) is 15.8. The van der Waals surface area contributed by atoms with Crippen LogP contribution in [0.2, 0.25) is 0 Å². The largest absolute Gasteiger partial charge is 0.466 e. The first-order valence-electron chi connectivity index (χ1n) is 8.59. The predicted molar refractivity (Wildman–Crippen MR) is 101 cm³/mol. The van der Waals surface area contributed by atoms with Gasteiger partial charge in [-0.25, -0.2) is 12.4 Å². The molecule has 0 unspecified atom stereocenters. The second-order valence-corrected chi connectivity index (χ2v) is 7.76. The highest BCUT2D eigenvalue weighted by atomic mass is 32.2. The quantitative estimate of drug-likeness (QED) is 0.593. The summed E-state index contributed by atoms with van der Waals surface area (Å²) in [5.74, 6) is -0.229. The van der Waals surface area contributed by atoms with Crippen LogP contribution in [0.25, 0.3) is 10.9 Å². The molecule has 136 valence electrons. The summed E-state index contributed by atoms with van der Waals surface area (Å²) in [4.78, 5) is 11.8. The molecule has 6 heteroatoms. The molecule has 26 heavy (non-hydrogen) atoms. The Kier molecular flexibility index (Phi) is 5.42. The van der Waals surface area contributed by atoms with Gasteiger partial charge in [0.1, 0.15) is 0 Å². The van der Waals surface area contributed by atoms with Crippen molar-refractivity contribution in [1.29, 1.82) is 0 Å². The van der Waals surface area contributed by atoms with E-state index < -0.39 is 10.0 Å². The Morgan fingerprint density at radius 3 is 2.46 bits per heavy atom. The topological polar surface area (TPSA) is 65.4 Å². The van der Waals surface area contributed by atoms with E-state index in [1.807, 2.05) is 18.2 Å². The first-order valence-corrected chi connectivity index (χ1v) is 10.0. The van der Waals surface area contributed by atoms with Gasteiger partial charge >= 0.3 is 5.97 Å². The van der Waals surface area contributed by atoms with Crippen LogP contribution in [0, 0.1) is 0 Å². The number of fused-ring (bicyclic) bond motifs is 1. The Morgan fingerprint density at radius 1 is 1.04 bits per heavy atom. The Bertz CT molecular complexity index is 1010. The minimum absolute atomic E-state index is 0.229. The highest BCUT2D eigenvalue weighted by molar-refractivity contribution is 7.90. The second kappa shape index (κ2) is 7.74. The number of benzene rings is 2. The van der Waals surface area contributed by atoms with Crippen molar-refractivity contribution in [2.45, 2.75) is 31.1 Å². The summed E-state index contributed by atoms with van der Waals surface area (Å²) in [5, 5.41) is 0.885. The number of hydrogen-bond acceptors (Lipinski definition) is 4. The summed E-state index contributed by atoms with van der Waals surface area (Å²) >= 11 is 0. The van der Waals surface area contributed by atoms with Gasteiger partial charge in [-0.15, -0.1) is 0 Å². The maximum absolute atomic E-state index is 13.0. The van der Waals surface area contributed by atoms with Crippen LogP contribution >= 0.6 is 0 Å². The lowest BCUT2D eigenvalue weighted by atomic mass is 10.1. The fourth-order valence-electron chi connectivity index (χ4n) is 2.98. The van der Waals surface area contributed by atoms with E-state index in [4.69, 9.17) is 4.74 Å². The van der Waals surface area contributed by atoms with Gasteiger partial charge in [-0.1, -0.05) is 36.4 Å². The molecule has 0 saturated carbocycles. The number of para-hydroxylation sites is 1. The van der Waals surface area contributed by atoms with Gasteiger partial charge in [0.2, 0.25) is 0 Å². The number of rotatable bonds is 7. The van der Waals surface area contributed by atoms with Crippen molar-refractivity contribution < 1.29 is 17.9 Å². The molecule has 0 saturated heterocycles. The van der Waals surface area contributed by atoms with Gasteiger partial charge in [-0.3, -0.25) is 4.79 Å². The van der Waals surface area contributed by atoms with E-state index >= 15 is 0 Å². The zero-order valence-corrected chi connectivity index (χ0v) is 15.4. The number of hydrogen-bond donors (Lipinski definition) is 0. The van der Waals surface area contributed by atoms with Crippen molar-refractivity contribution in [2.75, 3.05) is 6.61 Å². The summed E-state index contributed by atoms with van der Waals surface area (Å²) in [6.07, 6.45) is 3.20. The van der Waals surface area contributed by atoms with E-state index in [9.17, 15) is 13.2 Å². The molecule has 2 aromatic carbocycles. The SMILES string of the molecule is CCOC(=O)CCCc1cn(S(=O)(=O)c2ccccc2)c2ccccc12. The number of ether oxygens (including phenoxy) is 1. The first-order chi connectivity index (χ1) is 12.5. The summed E-state index contributed by atoms with van der Waals surface area (Å²) in [7, 11) is -3.67. The minimum Gasteiger partial charge on any atom is -0.466 e. The number of carbonyl (C=O) groups is 1. The molecule has 0 aliphatic carbocycles. The molecule has 0 aliphatic heterocycles. The monoisotopic (exact) mass is 371 g/mol. The molecule has 5 nitrogen and oxygen atoms in total. The van der Waals surface area contributed by atoms with E-state index in [1.54, 1.807) is 49.5 Å². The predicted octanol–water partition coefficient (Wildman–Crippen LogP) is 3.76. The fourth-order valence-corrected chi connectivity index (χ4v) is 4.39. The van der Waals surface area contributed by atoms with Gasteiger partial charge in [0.15, 0.2) is 0 Å². The van der Waals surface area contributed by atoms with E-state index in [0.717, 1.165) is 10.9 Å². The smallest absolute Gasteiger partial charge is 0.305 e. The zero-order valence-electron chi connectivity index (χ0n) is 14.6. The molecule has 0 N–H and O–H groups in total. The molecule has 0 radical (unpaired) electrons. The van der Waals surface area contributed by atoms with Crippen molar-refractivity contribution in [1.82, 2.24) is 3.97 Å². The minimum atomic E-state index is -3.67. The van der Waals surface area contributed by atoms with Gasteiger partial charge in [0.05, 0.1) is 17.0 Å². The molecule has 0 fully saturated rings. The highest BCUT2D eigenvalue weighted by Crippen LogP contribution is 2.27. The van der Waals surface area contributed by atoms with Crippen LogP contribution in [0.15, 0.2) is 65.7 Å². The molecule has 0 spiro atoms. The van der Waals surface area contributed by atoms with Crippen LogP contribution in [-0.4, -0.2) is 25.0 Å². The molecule has 3 aromatic rings. The lowest BCUT2D eigenvalue weighted by molar-refractivity contribution is -0.143. The summed E-state index contributed by atoms with van der Waals surface area (Å²) in [6.45, 7) is 2.15. The van der Waals surface area contributed by atoms with Crippen LogP contribution in [0.5, 0.6) is 0 Å². The highest BCUT2D eigenvalue weighted by Gasteiger charge is 2.20. The molecule has 3 rings (SSSR count). The molecule has 1 aromatic heterocycles. The Hall–Kier alpha value is -2.60. The van der Waals surface area contributed by atoms with Crippen LogP contribution in [0.3, 0.4) is 0 Å². The van der Waals surface area contributed by atoms with Gasteiger partial charge in [0.25, 0.3) is 10.0 Å². The number of nitrogens with zero attached hydrogens (tertiary/aromatic N) is 1. The number of aryl methyl sites for hydroxylation is 1. The van der Waals surface area contributed by atoms with E-state index in [2.05, 4.69) is 0 Å². The van der Waals surface area contributed by atoms with Crippen molar-refractivity contribution in [3.8, 4) is 0 Å². The van der Waals surface area contributed by atoms with Crippen LogP contribution in [-0.2, 0) is 26.0 Å². The molecule has 0 atom stereocenters. The van der Waals surface area contributed by atoms with E-state index in [1.165, 1.54) is 3.97 Å². The molecule has 0 bridgehead atoms. The number of carbonyl (C=O) groups excluding carboxylic acids is 1. The number of aromatic nitrogens is 1. The molecule has 0 aliphatic rings. The maximum Gasteiger partial charge on any atom is 0.305 e. The average molecular weight is 371 g/mol. The Balaban J connectivity index is 1.94. The average Bonchev–Trinajstić information content (AvgIpc) is 3.02. The first kappa shape index (κ1) is 18.2. The zero-order chi connectivity index (χ0) is 18.6. The Morgan fingerprint density at radius 2 is 1.73 bits per heavy atom. The van der Waals surface area contributed by atoms with Gasteiger partial charge in [-0.2, -0.15) is 0 Å². The summed E-state index contributed by atoms with van der Waals surface area (Å²) < 4.78 is 32.3. The third kappa shape index (κ3) is 3.65. The lowest BCUT2D eigenvalue weighted by Gasteiger charge is -2.07. The molecular weight excluding hydrogens is 350 g/mol. The third-order valence-electron chi connectivity index (χ3n) is 4.19. The van der Waals surface area contributed by atoms with E-state index in [-0.39, 0.29) is 10.9 Å². The lowest BCUT2D eigenvalue weighted by Crippen LogP contribution is -2.11. The van der Waals surface area contributed by atoms with Crippen LogP contribution in [0.4, 0.5) is 0 Å². The molecule has 0 amide bonds. The van der Waals surface area contributed by atoms with Gasteiger partial charge in [-0.05, 0) is 43.5 Å². The number of esters is 1. The Labute approximate surface area is 153 Å². The van der Waals surface area contributed by atoms with Gasteiger partial charge in [0, 0.05) is 18.0 Å². The van der Waals surface area contributed by atoms with Gasteiger partial charge < -0.3 is 4.74 Å². The summed E-state index contributed by atoms with van der Waals surface area (Å²) in [5.41, 5.74) is 1.55. The van der Waals surface area contributed by atoms with Crippen LogP contribution in [0.1, 0.15) is 25.3 Å². The van der Waals surface area contributed by atoms with Crippen molar-refractivity contribution >= 4 is 26.9 Å². The van der Waals surface area contributed by atoms with Crippen molar-refractivity contribution in [3.05, 3.63) is 66.4 Å². The van der Waals surface area contributed by atoms with Crippen molar-refractivity contribution in [3.63, 3.8) is 0 Å². The maximum atomic E-state index is 13.0. The molecular formula is C20H21NO4S. The van der Waals surface area contributed by atoms with Crippen LogP contribution < -0.4 is 0 Å². The van der Waals surface area contributed by atoms with Crippen molar-refractivity contribution in [2.24, 2.45) is 0 Å². The molecule has 1 heterocycles. The third-order valence-corrected chi connectivity index (χ3v) is 5.88. The van der Waals surface area contributed by atoms with E-state index in [0.29, 0.717) is 31.4 Å².